The highest BCUT2D eigenvalue weighted by molar-refractivity contribution is 6.00. The Hall–Kier alpha value is -4.66. The number of aliphatic imine (C=N–C) groups is 1. The first-order valence-electron chi connectivity index (χ1n) is 13.1. The number of hydrogen-bond acceptors (Lipinski definition) is 5. The smallest absolute Gasteiger partial charge is 0.327 e. The number of rotatable bonds is 7. The first-order chi connectivity index (χ1) is 19.0. The number of aryl methyl sites for hydroxylation is 2. The number of nitrogens with zero attached hydrogens (tertiary/aromatic N) is 3. The number of nitrogens with one attached hydrogen (secondary N) is 3. The fourth-order valence-electron chi connectivity index (χ4n) is 4.32. The first-order valence-corrected chi connectivity index (χ1v) is 13.1. The van der Waals surface area contributed by atoms with Crippen LogP contribution in [0.4, 0.5) is 10.5 Å². The SMILES string of the molecule is CN=C(/C=C(/NC(=O)Nc1ccc(Oc2ccnc3[nH]c(=O)n(C)c23)cc1)C(C)c1ccc(C)cc1)C(C)(C)C. The second-order valence-electron chi connectivity index (χ2n) is 10.8. The average molecular weight is 541 g/mol. The van der Waals surface area contributed by atoms with Crippen molar-refractivity contribution in [3.63, 3.8) is 0 Å². The number of amides is 2. The Balaban J connectivity index is 1.51. The van der Waals surface area contributed by atoms with Gasteiger partial charge in [0.25, 0.3) is 0 Å². The average Bonchev–Trinajstić information content (AvgIpc) is 3.20. The Morgan fingerprint density at radius 2 is 1.77 bits per heavy atom. The fraction of sp³-hybridized carbons (Fsp3) is 0.290. The summed E-state index contributed by atoms with van der Waals surface area (Å²) >= 11 is 0. The molecule has 3 N–H and O–H groups in total. The Morgan fingerprint density at radius 1 is 1.10 bits per heavy atom. The molecule has 0 spiro atoms. The maximum absolute atomic E-state index is 13.1. The molecule has 2 heterocycles. The van der Waals surface area contributed by atoms with Gasteiger partial charge in [-0.1, -0.05) is 57.5 Å². The van der Waals surface area contributed by atoms with Crippen molar-refractivity contribution in [2.75, 3.05) is 12.4 Å². The van der Waals surface area contributed by atoms with Gasteiger partial charge in [0.1, 0.15) is 11.3 Å². The summed E-state index contributed by atoms with van der Waals surface area (Å²) in [6.45, 7) is 10.4. The molecule has 1 unspecified atom stereocenters. The molecule has 0 aliphatic rings. The van der Waals surface area contributed by atoms with Crippen LogP contribution in [0.5, 0.6) is 11.5 Å². The van der Waals surface area contributed by atoms with Crippen LogP contribution in [0.1, 0.15) is 44.7 Å². The van der Waals surface area contributed by atoms with E-state index in [0.717, 1.165) is 17.0 Å². The summed E-state index contributed by atoms with van der Waals surface area (Å²) < 4.78 is 7.47. The lowest BCUT2D eigenvalue weighted by Gasteiger charge is -2.23. The summed E-state index contributed by atoms with van der Waals surface area (Å²) in [5.41, 5.74) is 5.06. The number of fused-ring (bicyclic) bond motifs is 1. The summed E-state index contributed by atoms with van der Waals surface area (Å²) in [6.07, 6.45) is 3.54. The third-order valence-electron chi connectivity index (χ3n) is 6.70. The number of ether oxygens (including phenoxy) is 1. The quantitative estimate of drug-likeness (QED) is 0.239. The number of carbonyl (C=O) groups is 1. The molecule has 2 amide bonds. The van der Waals surface area contributed by atoms with E-state index in [2.05, 4.69) is 84.5 Å². The predicted octanol–water partition coefficient (Wildman–Crippen LogP) is 6.29. The van der Waals surface area contributed by atoms with E-state index in [1.54, 1.807) is 50.6 Å². The topological polar surface area (TPSA) is 113 Å². The monoisotopic (exact) mass is 540 g/mol. The molecule has 0 fully saturated rings. The predicted molar refractivity (Wildman–Crippen MR) is 160 cm³/mol. The van der Waals surface area contributed by atoms with E-state index in [1.807, 2.05) is 6.08 Å². The molecule has 0 saturated heterocycles. The van der Waals surface area contributed by atoms with Crippen LogP contribution < -0.4 is 21.1 Å². The van der Waals surface area contributed by atoms with Gasteiger partial charge in [0.15, 0.2) is 11.4 Å². The zero-order valence-corrected chi connectivity index (χ0v) is 24.0. The highest BCUT2D eigenvalue weighted by Gasteiger charge is 2.21. The minimum Gasteiger partial charge on any atom is -0.455 e. The third kappa shape index (κ3) is 6.48. The lowest BCUT2D eigenvalue weighted by molar-refractivity contribution is 0.254. The van der Waals surface area contributed by atoms with Gasteiger partial charge in [0.05, 0.1) is 0 Å². The van der Waals surface area contributed by atoms with E-state index in [4.69, 9.17) is 4.74 Å². The van der Waals surface area contributed by atoms with Crippen LogP contribution in [-0.4, -0.2) is 33.3 Å². The van der Waals surface area contributed by atoms with Crippen LogP contribution in [0.25, 0.3) is 11.2 Å². The lowest BCUT2D eigenvalue weighted by Crippen LogP contribution is -2.31. The van der Waals surface area contributed by atoms with Gasteiger partial charge in [-0.05, 0) is 42.8 Å². The fourth-order valence-corrected chi connectivity index (χ4v) is 4.32. The second kappa shape index (κ2) is 11.6. The minimum atomic E-state index is -0.360. The summed E-state index contributed by atoms with van der Waals surface area (Å²) in [7, 11) is 3.42. The molecule has 1 atom stereocenters. The van der Waals surface area contributed by atoms with E-state index in [0.29, 0.717) is 28.4 Å². The molecule has 4 aromatic rings. The molecule has 0 bridgehead atoms. The number of imidazole rings is 1. The Morgan fingerprint density at radius 3 is 2.40 bits per heavy atom. The van der Waals surface area contributed by atoms with Crippen LogP contribution in [0.2, 0.25) is 0 Å². The molecule has 0 aliphatic heterocycles. The van der Waals surface area contributed by atoms with E-state index >= 15 is 0 Å². The number of urea groups is 1. The van der Waals surface area contributed by atoms with Gasteiger partial charge < -0.3 is 15.4 Å². The van der Waals surface area contributed by atoms with Crippen molar-refractivity contribution in [3.05, 3.63) is 94.2 Å². The van der Waals surface area contributed by atoms with Gasteiger partial charge in [0.2, 0.25) is 0 Å². The molecule has 0 saturated carbocycles. The van der Waals surface area contributed by atoms with Crippen LogP contribution in [-0.2, 0) is 7.05 Å². The molecule has 4 rings (SSSR count). The van der Waals surface area contributed by atoms with Gasteiger partial charge in [-0.25, -0.2) is 14.6 Å². The number of aromatic nitrogens is 3. The molecule has 0 radical (unpaired) electrons. The van der Waals surface area contributed by atoms with Gasteiger partial charge in [-0.15, -0.1) is 0 Å². The van der Waals surface area contributed by atoms with Crippen molar-refractivity contribution < 1.29 is 9.53 Å². The number of hydrogen-bond donors (Lipinski definition) is 3. The molecule has 9 nitrogen and oxygen atoms in total. The van der Waals surface area contributed by atoms with Crippen molar-refractivity contribution in [2.24, 2.45) is 17.5 Å². The maximum atomic E-state index is 13.1. The van der Waals surface area contributed by atoms with Crippen LogP contribution in [0.15, 0.2) is 82.4 Å². The van der Waals surface area contributed by atoms with Crippen LogP contribution >= 0.6 is 0 Å². The minimum absolute atomic E-state index is 0.0668. The number of carbonyl (C=O) groups excluding carboxylic acids is 1. The van der Waals surface area contributed by atoms with Gasteiger partial charge in [-0.2, -0.15) is 0 Å². The second-order valence-corrected chi connectivity index (χ2v) is 10.8. The summed E-state index contributed by atoms with van der Waals surface area (Å²) in [6, 6.07) is 16.6. The molecule has 208 valence electrons. The van der Waals surface area contributed by atoms with Crippen LogP contribution in [0.3, 0.4) is 0 Å². The molecular weight excluding hydrogens is 504 g/mol. The lowest BCUT2D eigenvalue weighted by atomic mass is 9.87. The van der Waals surface area contributed by atoms with Crippen LogP contribution in [0, 0.1) is 12.3 Å². The first kappa shape index (κ1) is 28.4. The molecule has 40 heavy (non-hydrogen) atoms. The van der Waals surface area contributed by atoms with Crippen molar-refractivity contribution >= 4 is 28.6 Å². The largest absolute Gasteiger partial charge is 0.455 e. The van der Waals surface area contributed by atoms with E-state index in [1.165, 1.54) is 10.1 Å². The molecule has 2 aromatic carbocycles. The Labute approximate surface area is 234 Å². The van der Waals surface area contributed by atoms with Crippen molar-refractivity contribution in [1.82, 2.24) is 19.9 Å². The van der Waals surface area contributed by atoms with Gasteiger partial charge in [-0.3, -0.25) is 14.5 Å². The number of H-pyrrole nitrogens is 1. The Bertz CT molecular complexity index is 1620. The van der Waals surface area contributed by atoms with E-state index < -0.39 is 0 Å². The number of pyridine rings is 1. The number of aromatic amines is 1. The summed E-state index contributed by atoms with van der Waals surface area (Å²) in [5, 5.41) is 5.96. The van der Waals surface area contributed by atoms with E-state index in [9.17, 15) is 9.59 Å². The molecule has 0 aliphatic carbocycles. The Kier molecular flexibility index (Phi) is 8.23. The van der Waals surface area contributed by atoms with Crippen molar-refractivity contribution in [2.45, 2.75) is 40.5 Å². The number of anilines is 1. The van der Waals surface area contributed by atoms with Gasteiger partial charge in [0, 0.05) is 54.8 Å². The molecule has 9 heteroatoms. The number of allylic oxidation sites excluding steroid dienone is 2. The summed E-state index contributed by atoms with van der Waals surface area (Å²) in [5.74, 6) is 0.980. The highest BCUT2D eigenvalue weighted by Crippen LogP contribution is 2.29. The highest BCUT2D eigenvalue weighted by atomic mass is 16.5. The molecular formula is C31H36N6O3. The number of benzene rings is 2. The zero-order chi connectivity index (χ0) is 29.0. The summed E-state index contributed by atoms with van der Waals surface area (Å²) in [4.78, 5) is 36.5. The third-order valence-corrected chi connectivity index (χ3v) is 6.70. The zero-order valence-electron chi connectivity index (χ0n) is 24.0. The maximum Gasteiger partial charge on any atom is 0.327 e. The normalized spacial score (nSPS) is 13.3. The standard InChI is InChI=1S/C31H36N6O3/c1-19-8-10-21(11-9-19)20(2)24(18-26(32-6)31(3,4)5)35-29(38)34-22-12-14-23(15-13-22)40-25-16-17-33-28-27(25)37(7)30(39)36-28/h8-18,20H,1-7H3,(H,33,36,39)(H2,34,35,38)/b24-18+,32-26?. The van der Waals surface area contributed by atoms with Crippen molar-refractivity contribution in [3.8, 4) is 11.5 Å². The molecule has 2 aromatic heterocycles. The van der Waals surface area contributed by atoms with Gasteiger partial charge >= 0.3 is 11.7 Å². The van der Waals surface area contributed by atoms with Crippen molar-refractivity contribution in [1.29, 1.82) is 0 Å². The van der Waals surface area contributed by atoms with E-state index in [-0.39, 0.29) is 23.1 Å².